The fourth-order valence-electron chi connectivity index (χ4n) is 7.57. The number of aliphatic imine (C=N–C) groups is 1. The summed E-state index contributed by atoms with van der Waals surface area (Å²) >= 11 is 7.74. The van der Waals surface area contributed by atoms with Crippen LogP contribution in [0, 0.1) is 37.5 Å². The number of hydrogen-bond donors (Lipinski definition) is 2. The Bertz CT molecular complexity index is 2750. The van der Waals surface area contributed by atoms with Crippen molar-refractivity contribution in [3.8, 4) is 28.7 Å². The number of carbonyl (C=O) groups excluding carboxylic acids is 4. The largest absolute Gasteiger partial charge is 0.377 e. The second-order valence-electron chi connectivity index (χ2n) is 14.9. The first-order valence-corrected chi connectivity index (χ1v) is 21.5. The summed E-state index contributed by atoms with van der Waals surface area (Å²) < 4.78 is 20.7. The monoisotopic (exact) mass is 887 g/mol. The van der Waals surface area contributed by atoms with Crippen molar-refractivity contribution < 1.29 is 33.4 Å². The van der Waals surface area contributed by atoms with Crippen LogP contribution in [0.3, 0.4) is 0 Å². The van der Waals surface area contributed by atoms with Gasteiger partial charge in [-0.1, -0.05) is 53.5 Å². The lowest BCUT2D eigenvalue weighted by Crippen LogP contribution is -2.52. The maximum absolute atomic E-state index is 13.0. The maximum Gasteiger partial charge on any atom is 0.255 e. The molecule has 0 aliphatic carbocycles. The number of thiophene rings is 1. The molecular weight excluding hydrogens is 846 g/mol. The molecule has 0 bridgehead atoms. The molecule has 63 heavy (non-hydrogen) atoms. The van der Waals surface area contributed by atoms with Crippen molar-refractivity contribution in [2.24, 2.45) is 10.7 Å². The molecule has 1 unspecified atom stereocenters. The van der Waals surface area contributed by atoms with Gasteiger partial charge in [0.1, 0.15) is 29.5 Å². The van der Waals surface area contributed by atoms with Gasteiger partial charge in [-0.2, -0.15) is 5.10 Å². The molecular formula is C45H42ClN9O7S. The van der Waals surface area contributed by atoms with Crippen molar-refractivity contribution in [2.45, 2.75) is 58.3 Å². The van der Waals surface area contributed by atoms with E-state index in [0.717, 1.165) is 37.7 Å². The van der Waals surface area contributed by atoms with Gasteiger partial charge >= 0.3 is 0 Å². The predicted molar refractivity (Wildman–Crippen MR) is 232 cm³/mol. The molecule has 6 heterocycles. The summed E-state index contributed by atoms with van der Waals surface area (Å²) in [5.41, 5.74) is 11.7. The summed E-state index contributed by atoms with van der Waals surface area (Å²) in [6.07, 6.45) is 4.08. The molecule has 3 aliphatic heterocycles. The third kappa shape index (κ3) is 9.63. The number of nitrogens with one attached hydrogen (secondary N) is 1. The number of nitrogens with two attached hydrogens (primary N) is 1. The zero-order valence-electron chi connectivity index (χ0n) is 34.5. The Morgan fingerprint density at radius 1 is 0.984 bits per heavy atom. The summed E-state index contributed by atoms with van der Waals surface area (Å²) in [6, 6.07) is 11.5. The molecule has 18 heteroatoms. The minimum Gasteiger partial charge on any atom is -0.377 e. The fourth-order valence-corrected chi connectivity index (χ4v) is 8.91. The number of primary amides is 1. The van der Waals surface area contributed by atoms with E-state index in [9.17, 15) is 19.2 Å². The highest BCUT2D eigenvalue weighted by Gasteiger charge is 2.40. The molecule has 0 spiro atoms. The molecule has 2 aromatic carbocycles. The van der Waals surface area contributed by atoms with E-state index >= 15 is 0 Å². The number of piperidine rings is 1. The molecule has 5 aromatic rings. The molecule has 1 saturated heterocycles. The first-order chi connectivity index (χ1) is 30.5. The van der Waals surface area contributed by atoms with Crippen LogP contribution in [0.25, 0.3) is 5.00 Å². The Morgan fingerprint density at radius 3 is 2.54 bits per heavy atom. The van der Waals surface area contributed by atoms with Crippen LogP contribution in [0.2, 0.25) is 5.02 Å². The summed E-state index contributed by atoms with van der Waals surface area (Å²) in [6.45, 7) is 6.82. The van der Waals surface area contributed by atoms with Crippen LogP contribution in [-0.2, 0) is 41.7 Å². The van der Waals surface area contributed by atoms with Crippen molar-refractivity contribution in [2.75, 3.05) is 39.6 Å². The Labute approximate surface area is 371 Å². The van der Waals surface area contributed by atoms with Crippen molar-refractivity contribution in [3.63, 3.8) is 0 Å². The lowest BCUT2D eigenvalue weighted by molar-refractivity contribution is -0.137. The smallest absolute Gasteiger partial charge is 0.255 e. The first-order valence-electron chi connectivity index (χ1n) is 20.3. The number of rotatable bonds is 14. The Morgan fingerprint density at radius 2 is 1.76 bits per heavy atom. The highest BCUT2D eigenvalue weighted by molar-refractivity contribution is 7.15. The van der Waals surface area contributed by atoms with E-state index in [1.807, 2.05) is 54.9 Å². The van der Waals surface area contributed by atoms with Crippen molar-refractivity contribution in [1.82, 2.24) is 34.8 Å². The standard InChI is InChI=1S/C45H42ClN9O7S/c1-27-37(63-45-40(27)41(31-9-11-32(46)12-10-31)49-35(23-38(47)56)42-52-51-28(2)55(42)45)14-8-29-24-48-53(25-29)16-18-61-20-22-62-21-19-60-17-4-6-30-5-3-7-33-34(30)26-54(44(33)59)36-13-15-39(57)50-43(36)58/h3,5,7,9-12,24-25,35-36H,13,15-23,26H2,1-2H3,(H2,47,56)(H,50,57,58)/t35-,36?/m0/s1. The van der Waals surface area contributed by atoms with Gasteiger partial charge in [0.2, 0.25) is 17.7 Å². The quantitative estimate of drug-likeness (QED) is 0.0940. The number of hydrogen-bond acceptors (Lipinski definition) is 12. The number of aromatic nitrogens is 5. The SMILES string of the molecule is Cc1c(C#Cc2cnn(CCOCCOCCOCC#Cc3cccc4c3CN(C3CCC(=O)NC3=O)C4=O)c2)sc2c1C(c1ccc(Cl)cc1)=N[C@@H](CC(N)=O)c1nnc(C)n1-2. The van der Waals surface area contributed by atoms with E-state index in [-0.39, 0.29) is 37.8 Å². The van der Waals surface area contributed by atoms with Crippen molar-refractivity contribution in [1.29, 1.82) is 0 Å². The van der Waals surface area contributed by atoms with Gasteiger partial charge in [-0.15, -0.1) is 21.5 Å². The highest BCUT2D eigenvalue weighted by Crippen LogP contribution is 2.40. The van der Waals surface area contributed by atoms with E-state index < -0.39 is 23.9 Å². The molecule has 0 saturated carbocycles. The number of carbonyl (C=O) groups is 4. The predicted octanol–water partition coefficient (Wildman–Crippen LogP) is 3.83. The van der Waals surface area contributed by atoms with E-state index in [1.54, 1.807) is 23.0 Å². The maximum atomic E-state index is 13.0. The van der Waals surface area contributed by atoms with E-state index in [0.29, 0.717) is 79.5 Å². The van der Waals surface area contributed by atoms with Crippen LogP contribution in [0.1, 0.15) is 85.6 Å². The van der Waals surface area contributed by atoms with Gasteiger partial charge in [-0.3, -0.25) is 38.7 Å². The number of imide groups is 1. The summed E-state index contributed by atoms with van der Waals surface area (Å²) in [5.74, 6) is 12.4. The van der Waals surface area contributed by atoms with Crippen LogP contribution in [0.4, 0.5) is 0 Å². The number of halogens is 1. The molecule has 8 rings (SSSR count). The number of aryl methyl sites for hydroxylation is 1. The topological polar surface area (TPSA) is 198 Å². The second-order valence-corrected chi connectivity index (χ2v) is 16.3. The van der Waals surface area contributed by atoms with Crippen LogP contribution in [0.5, 0.6) is 0 Å². The zero-order chi connectivity index (χ0) is 44.0. The average molecular weight is 888 g/mol. The third-order valence-electron chi connectivity index (χ3n) is 10.7. The fraction of sp³-hybridized carbons (Fsp3) is 0.333. The van der Waals surface area contributed by atoms with Crippen LogP contribution >= 0.6 is 22.9 Å². The average Bonchev–Trinajstić information content (AvgIpc) is 4.02. The first kappa shape index (κ1) is 43.2. The molecule has 3 aliphatic rings. The number of benzene rings is 2. The van der Waals surface area contributed by atoms with Crippen molar-refractivity contribution >= 4 is 52.3 Å². The third-order valence-corrected chi connectivity index (χ3v) is 12.1. The Balaban J connectivity index is 0.785. The normalized spacial score (nSPS) is 16.5. The molecule has 1 fully saturated rings. The minimum absolute atomic E-state index is 0.0177. The van der Waals surface area contributed by atoms with Gasteiger partial charge in [0.25, 0.3) is 5.91 Å². The highest BCUT2D eigenvalue weighted by atomic mass is 35.5. The van der Waals surface area contributed by atoms with Gasteiger partial charge < -0.3 is 24.8 Å². The molecule has 0 radical (unpaired) electrons. The van der Waals surface area contributed by atoms with Gasteiger partial charge in [-0.05, 0) is 55.7 Å². The van der Waals surface area contributed by atoms with E-state index in [4.69, 9.17) is 36.5 Å². The molecule has 3 aromatic heterocycles. The number of ether oxygens (including phenoxy) is 3. The van der Waals surface area contributed by atoms with Gasteiger partial charge in [0.15, 0.2) is 5.82 Å². The molecule has 3 N–H and O–H groups in total. The Kier molecular flexibility index (Phi) is 13.2. The molecule has 4 amide bonds. The second kappa shape index (κ2) is 19.3. The summed E-state index contributed by atoms with van der Waals surface area (Å²) in [4.78, 5) is 56.5. The van der Waals surface area contributed by atoms with E-state index in [1.165, 1.54) is 16.2 Å². The lowest BCUT2D eigenvalue weighted by atomic mass is 9.99. The van der Waals surface area contributed by atoms with Gasteiger partial charge in [0.05, 0.1) is 68.3 Å². The van der Waals surface area contributed by atoms with Gasteiger partial charge in [0, 0.05) is 46.4 Å². The summed E-state index contributed by atoms with van der Waals surface area (Å²) in [5, 5.41) is 17.0. The molecule has 16 nitrogen and oxygen atoms in total. The van der Waals surface area contributed by atoms with E-state index in [2.05, 4.69) is 44.3 Å². The van der Waals surface area contributed by atoms with Crippen molar-refractivity contribution in [3.05, 3.63) is 115 Å². The molecule has 2 atom stereocenters. The number of fused-ring (bicyclic) bond motifs is 4. The summed E-state index contributed by atoms with van der Waals surface area (Å²) in [7, 11) is 0. The van der Waals surface area contributed by atoms with Crippen LogP contribution in [0.15, 0.2) is 59.9 Å². The van der Waals surface area contributed by atoms with Gasteiger partial charge in [-0.25, -0.2) is 0 Å². The van der Waals surface area contributed by atoms with Crippen LogP contribution in [-0.4, -0.2) is 104 Å². The minimum atomic E-state index is -0.675. The lowest BCUT2D eigenvalue weighted by Gasteiger charge is -2.29. The zero-order valence-corrected chi connectivity index (χ0v) is 36.1. The molecule has 322 valence electrons. The van der Waals surface area contributed by atoms with Crippen LogP contribution < -0.4 is 11.1 Å². The number of amides is 4. The Hall–Kier alpha value is -6.47. The number of nitrogens with zero attached hydrogens (tertiary/aromatic N) is 7.